The minimum absolute atomic E-state index is 0.0261. The highest BCUT2D eigenvalue weighted by Crippen LogP contribution is 2.32. The lowest BCUT2D eigenvalue weighted by molar-refractivity contribution is -0.157. The van der Waals surface area contributed by atoms with Gasteiger partial charge in [-0.2, -0.15) is 5.01 Å². The molecule has 0 aliphatic carbocycles. The van der Waals surface area contributed by atoms with Crippen LogP contribution in [0.15, 0.2) is 91.5 Å². The van der Waals surface area contributed by atoms with E-state index < -0.39 is 18.0 Å². The molecule has 5 rings (SSSR count). The Morgan fingerprint density at radius 1 is 1.00 bits per heavy atom. The number of carbonyl (C=O) groups excluding carboxylic acids is 3. The van der Waals surface area contributed by atoms with Crippen molar-refractivity contribution in [1.29, 1.82) is 0 Å². The summed E-state index contributed by atoms with van der Waals surface area (Å²) in [5.74, 6) is -0.912. The van der Waals surface area contributed by atoms with Crippen molar-refractivity contribution in [2.45, 2.75) is 31.7 Å². The number of halogens is 1. The second kappa shape index (κ2) is 13.1. The molecule has 0 unspecified atom stereocenters. The average Bonchev–Trinajstić information content (AvgIpc) is 3.33. The number of nitrogens with zero attached hydrogens (tertiary/aromatic N) is 5. The van der Waals surface area contributed by atoms with Gasteiger partial charge < -0.3 is 20.0 Å². The number of benzene rings is 3. The lowest BCUT2D eigenvalue weighted by Crippen LogP contribution is -2.66. The molecule has 0 radical (unpaired) electrons. The maximum absolute atomic E-state index is 15.2. The Labute approximate surface area is 251 Å². The minimum atomic E-state index is -0.814. The Bertz CT molecular complexity index is 1470. The summed E-state index contributed by atoms with van der Waals surface area (Å²) in [6.07, 6.45) is 1.27. The van der Waals surface area contributed by atoms with Crippen LogP contribution in [0, 0.1) is 5.82 Å². The zero-order chi connectivity index (χ0) is 30.5. The molecule has 2 heterocycles. The molecule has 43 heavy (non-hydrogen) atoms. The first-order chi connectivity index (χ1) is 20.8. The van der Waals surface area contributed by atoms with Crippen LogP contribution in [0.2, 0.25) is 0 Å². The lowest BCUT2D eigenvalue weighted by Gasteiger charge is -2.46. The standard InChI is InChI=1S/C33H37FN6O3/c1-4-18-38(33(43)35-20-25-14-9-6-10-15-25)39-23-31(41)40-29(19-24-12-7-5-8-13-24)32(42)37(22-30(39)40)21-26-27(34)16-11-17-28(26)36(2)3/h4-17,29-30H,1,18-23H2,2-3H3,(H,35,43)/t29-,30+/m0/s1. The molecule has 0 aromatic heterocycles. The van der Waals surface area contributed by atoms with Gasteiger partial charge in [-0.25, -0.2) is 9.18 Å². The third-order valence-corrected chi connectivity index (χ3v) is 7.90. The fourth-order valence-corrected chi connectivity index (χ4v) is 5.83. The first-order valence-corrected chi connectivity index (χ1v) is 14.3. The van der Waals surface area contributed by atoms with Gasteiger partial charge in [0.25, 0.3) is 0 Å². The van der Waals surface area contributed by atoms with E-state index in [1.807, 2.05) is 85.7 Å². The molecule has 0 bridgehead atoms. The number of hydrogen-bond acceptors (Lipinski definition) is 5. The van der Waals surface area contributed by atoms with E-state index in [0.29, 0.717) is 24.2 Å². The summed E-state index contributed by atoms with van der Waals surface area (Å²) in [4.78, 5) is 46.2. The zero-order valence-corrected chi connectivity index (χ0v) is 24.5. The minimum Gasteiger partial charge on any atom is -0.377 e. The van der Waals surface area contributed by atoms with Gasteiger partial charge in [-0.05, 0) is 23.3 Å². The van der Waals surface area contributed by atoms with Crippen molar-refractivity contribution < 1.29 is 18.8 Å². The molecule has 0 spiro atoms. The number of piperazine rings is 1. The highest BCUT2D eigenvalue weighted by Gasteiger charge is 2.52. The molecule has 2 fully saturated rings. The van der Waals surface area contributed by atoms with Gasteiger partial charge in [0.2, 0.25) is 11.8 Å². The molecule has 2 atom stereocenters. The average molecular weight is 585 g/mol. The zero-order valence-electron chi connectivity index (χ0n) is 24.5. The normalized spacial score (nSPS) is 18.4. The Hall–Kier alpha value is -4.70. The molecule has 3 aromatic rings. The van der Waals surface area contributed by atoms with E-state index >= 15 is 4.39 Å². The highest BCUT2D eigenvalue weighted by molar-refractivity contribution is 5.92. The van der Waals surface area contributed by atoms with E-state index in [4.69, 9.17) is 0 Å². The summed E-state index contributed by atoms with van der Waals surface area (Å²) in [5.41, 5.74) is 2.90. The largest absolute Gasteiger partial charge is 0.377 e. The van der Waals surface area contributed by atoms with Crippen molar-refractivity contribution in [2.24, 2.45) is 0 Å². The van der Waals surface area contributed by atoms with E-state index in [2.05, 4.69) is 11.9 Å². The quantitative estimate of drug-likeness (QED) is 0.369. The lowest BCUT2D eigenvalue weighted by atomic mass is 9.99. The van der Waals surface area contributed by atoms with Gasteiger partial charge in [0, 0.05) is 38.3 Å². The highest BCUT2D eigenvalue weighted by atomic mass is 19.1. The molecule has 9 nitrogen and oxygen atoms in total. The van der Waals surface area contributed by atoms with E-state index in [9.17, 15) is 14.4 Å². The summed E-state index contributed by atoms with van der Waals surface area (Å²) >= 11 is 0. The Morgan fingerprint density at radius 2 is 1.67 bits per heavy atom. The first-order valence-electron chi connectivity index (χ1n) is 14.3. The number of fused-ring (bicyclic) bond motifs is 1. The van der Waals surface area contributed by atoms with Gasteiger partial charge >= 0.3 is 6.03 Å². The van der Waals surface area contributed by atoms with Crippen LogP contribution in [0.3, 0.4) is 0 Å². The number of rotatable bonds is 10. The molecule has 2 aliphatic rings. The molecule has 2 saturated heterocycles. The summed E-state index contributed by atoms with van der Waals surface area (Å²) in [5, 5.41) is 6.12. The molecule has 1 N–H and O–H groups in total. The van der Waals surface area contributed by atoms with Crippen LogP contribution in [0.1, 0.15) is 16.7 Å². The number of amides is 4. The second-order valence-electron chi connectivity index (χ2n) is 11.0. The Morgan fingerprint density at radius 3 is 2.33 bits per heavy atom. The topological polar surface area (TPSA) is 79.4 Å². The number of hydrazine groups is 1. The molecular formula is C33H37FN6O3. The van der Waals surface area contributed by atoms with E-state index in [0.717, 1.165) is 11.1 Å². The van der Waals surface area contributed by atoms with Crippen molar-refractivity contribution >= 4 is 23.5 Å². The monoisotopic (exact) mass is 584 g/mol. The fraction of sp³-hybridized carbons (Fsp3) is 0.303. The van der Waals surface area contributed by atoms with Gasteiger partial charge in [-0.3, -0.25) is 14.6 Å². The number of carbonyl (C=O) groups is 3. The van der Waals surface area contributed by atoms with Crippen molar-refractivity contribution in [3.8, 4) is 0 Å². The molecule has 4 amide bonds. The number of anilines is 1. The molecule has 0 saturated carbocycles. The molecule has 10 heteroatoms. The van der Waals surface area contributed by atoms with Gasteiger partial charge in [-0.15, -0.1) is 6.58 Å². The number of urea groups is 1. The Kier molecular flexibility index (Phi) is 9.06. The smallest absolute Gasteiger partial charge is 0.332 e. The molecule has 3 aromatic carbocycles. The third-order valence-electron chi connectivity index (χ3n) is 7.90. The SMILES string of the molecule is C=CCN(C(=O)NCc1ccccc1)N1CC(=O)N2[C@@H](Cc3ccccc3)C(=O)N(Cc3c(F)cccc3N(C)C)C[C@@H]21. The van der Waals surface area contributed by atoms with Crippen molar-refractivity contribution in [1.82, 2.24) is 25.1 Å². The van der Waals surface area contributed by atoms with Crippen LogP contribution < -0.4 is 10.2 Å². The summed E-state index contributed by atoms with van der Waals surface area (Å²) in [7, 11) is 3.66. The van der Waals surface area contributed by atoms with Crippen LogP contribution in [0.5, 0.6) is 0 Å². The summed E-state index contributed by atoms with van der Waals surface area (Å²) in [6, 6.07) is 22.7. The fourth-order valence-electron chi connectivity index (χ4n) is 5.83. The van der Waals surface area contributed by atoms with Crippen LogP contribution >= 0.6 is 0 Å². The van der Waals surface area contributed by atoms with Crippen LogP contribution in [0.4, 0.5) is 14.9 Å². The molecular weight excluding hydrogens is 547 g/mol. The maximum Gasteiger partial charge on any atom is 0.332 e. The van der Waals surface area contributed by atoms with Crippen molar-refractivity contribution in [3.05, 3.63) is 114 Å². The summed E-state index contributed by atoms with van der Waals surface area (Å²) < 4.78 is 15.2. The van der Waals surface area contributed by atoms with Gasteiger partial charge in [0.05, 0.1) is 26.2 Å². The van der Waals surface area contributed by atoms with Gasteiger partial charge in [-0.1, -0.05) is 72.8 Å². The predicted octanol–water partition coefficient (Wildman–Crippen LogP) is 3.63. The first kappa shape index (κ1) is 29.8. The predicted molar refractivity (Wildman–Crippen MR) is 163 cm³/mol. The van der Waals surface area contributed by atoms with Crippen LogP contribution in [0.25, 0.3) is 0 Å². The summed E-state index contributed by atoms with van der Waals surface area (Å²) in [6.45, 7) is 4.36. The maximum atomic E-state index is 15.2. The Balaban J connectivity index is 1.47. The van der Waals surface area contributed by atoms with Crippen molar-refractivity contribution in [3.63, 3.8) is 0 Å². The number of nitrogens with one attached hydrogen (secondary N) is 1. The molecule has 2 aliphatic heterocycles. The van der Waals surface area contributed by atoms with Crippen LogP contribution in [-0.4, -0.2) is 83.6 Å². The second-order valence-corrected chi connectivity index (χ2v) is 11.0. The van der Waals surface area contributed by atoms with E-state index in [1.54, 1.807) is 27.0 Å². The number of hydrogen-bond donors (Lipinski definition) is 1. The molecule has 224 valence electrons. The third kappa shape index (κ3) is 6.39. The van der Waals surface area contributed by atoms with E-state index in [1.165, 1.54) is 11.1 Å². The van der Waals surface area contributed by atoms with Gasteiger partial charge in [0.15, 0.2) is 0 Å². The van der Waals surface area contributed by atoms with Gasteiger partial charge in [0.1, 0.15) is 18.0 Å². The van der Waals surface area contributed by atoms with E-state index in [-0.39, 0.29) is 44.0 Å². The van der Waals surface area contributed by atoms with Crippen LogP contribution in [-0.2, 0) is 29.1 Å². The van der Waals surface area contributed by atoms with Crippen molar-refractivity contribution in [2.75, 3.05) is 38.6 Å².